The van der Waals surface area contributed by atoms with Crippen LogP contribution < -0.4 is 10.2 Å². The van der Waals surface area contributed by atoms with Gasteiger partial charge < -0.3 is 4.74 Å². The molecule has 0 aliphatic heterocycles. The van der Waals surface area contributed by atoms with E-state index in [0.29, 0.717) is 27.0 Å². The van der Waals surface area contributed by atoms with Crippen LogP contribution >= 0.6 is 22.9 Å². The van der Waals surface area contributed by atoms with E-state index in [1.165, 1.54) is 11.3 Å². The molecule has 0 atom stereocenters. The highest BCUT2D eigenvalue weighted by molar-refractivity contribution is 7.19. The van der Waals surface area contributed by atoms with Crippen molar-refractivity contribution in [3.63, 3.8) is 0 Å². The smallest absolute Gasteiger partial charge is 0.343 e. The van der Waals surface area contributed by atoms with E-state index in [0.717, 1.165) is 21.7 Å². The molecule has 176 valence electrons. The van der Waals surface area contributed by atoms with Crippen molar-refractivity contribution in [2.75, 3.05) is 5.43 Å². The van der Waals surface area contributed by atoms with E-state index in [9.17, 15) is 4.79 Å². The quantitative estimate of drug-likeness (QED) is 0.105. The molecule has 4 aromatic carbocycles. The van der Waals surface area contributed by atoms with Crippen molar-refractivity contribution in [3.05, 3.63) is 125 Å². The summed E-state index contributed by atoms with van der Waals surface area (Å²) < 4.78 is 5.60. The Morgan fingerprint density at radius 1 is 0.833 bits per heavy atom. The molecule has 0 unspecified atom stereocenters. The van der Waals surface area contributed by atoms with Crippen molar-refractivity contribution in [2.24, 2.45) is 5.10 Å². The summed E-state index contributed by atoms with van der Waals surface area (Å²) in [5.41, 5.74) is 7.10. The van der Waals surface area contributed by atoms with Crippen molar-refractivity contribution < 1.29 is 9.53 Å². The van der Waals surface area contributed by atoms with Crippen LogP contribution in [0, 0.1) is 0 Å². The second kappa shape index (κ2) is 11.0. The Bertz CT molecular complexity index is 1440. The number of nitrogens with one attached hydrogen (secondary N) is 1. The Labute approximate surface area is 217 Å². The maximum atomic E-state index is 12.5. The van der Waals surface area contributed by atoms with Crippen LogP contribution in [-0.2, 0) is 0 Å². The number of hydrogen-bond acceptors (Lipinski definition) is 6. The number of ether oxygens (including phenoxy) is 1. The fraction of sp³-hybridized carbons (Fsp3) is 0. The van der Waals surface area contributed by atoms with Crippen LogP contribution in [0.3, 0.4) is 0 Å². The Morgan fingerprint density at radius 2 is 1.47 bits per heavy atom. The summed E-state index contributed by atoms with van der Waals surface area (Å²) in [6.45, 7) is 0. The van der Waals surface area contributed by atoms with E-state index >= 15 is 0 Å². The van der Waals surface area contributed by atoms with Gasteiger partial charge in [0.15, 0.2) is 0 Å². The van der Waals surface area contributed by atoms with Crippen LogP contribution in [0.15, 0.2) is 114 Å². The molecule has 0 radical (unpaired) electrons. The monoisotopic (exact) mass is 509 g/mol. The minimum Gasteiger partial charge on any atom is -0.422 e. The number of benzene rings is 4. The number of nitrogens with zero attached hydrogens (tertiary/aromatic N) is 2. The number of aromatic nitrogens is 1. The van der Waals surface area contributed by atoms with Gasteiger partial charge in [0.2, 0.25) is 5.13 Å². The van der Waals surface area contributed by atoms with Gasteiger partial charge in [-0.3, -0.25) is 5.43 Å². The molecule has 0 amide bonds. The van der Waals surface area contributed by atoms with Crippen molar-refractivity contribution in [1.82, 2.24) is 4.98 Å². The first-order valence-electron chi connectivity index (χ1n) is 11.1. The highest BCUT2D eigenvalue weighted by Crippen LogP contribution is 2.38. The Morgan fingerprint density at radius 3 is 2.19 bits per heavy atom. The van der Waals surface area contributed by atoms with Crippen molar-refractivity contribution in [3.8, 4) is 27.4 Å². The highest BCUT2D eigenvalue weighted by Gasteiger charge is 2.15. The number of hydrazone groups is 1. The summed E-state index contributed by atoms with van der Waals surface area (Å²) in [5.74, 6) is -0.0718. The molecule has 0 fully saturated rings. The number of carbonyl (C=O) groups is 1. The fourth-order valence-electron chi connectivity index (χ4n) is 3.53. The molecule has 1 heterocycles. The topological polar surface area (TPSA) is 63.6 Å². The van der Waals surface area contributed by atoms with Gasteiger partial charge in [-0.25, -0.2) is 9.78 Å². The van der Waals surface area contributed by atoms with Gasteiger partial charge in [-0.1, -0.05) is 95.7 Å². The van der Waals surface area contributed by atoms with E-state index in [4.69, 9.17) is 21.3 Å². The van der Waals surface area contributed by atoms with E-state index < -0.39 is 5.97 Å². The largest absolute Gasteiger partial charge is 0.422 e. The highest BCUT2D eigenvalue weighted by atomic mass is 35.5. The number of para-hydroxylation sites is 1. The maximum absolute atomic E-state index is 12.5. The standard InChI is InChI=1S/C29H20ClN3O2S/c30-24-17-15-22(16-18-24)28(34)35-25-14-8-7-13-23(25)19-31-33-29-32-26(20-9-3-1-4-10-20)27(36-29)21-11-5-2-6-12-21/h1-19H,(H,32,33)/b31-19-. The zero-order chi connectivity index (χ0) is 24.7. The normalized spacial score (nSPS) is 10.9. The lowest BCUT2D eigenvalue weighted by atomic mass is 10.1. The number of halogens is 1. The molecular formula is C29H20ClN3O2S. The van der Waals surface area contributed by atoms with E-state index in [1.807, 2.05) is 60.7 Å². The van der Waals surface area contributed by atoms with E-state index in [-0.39, 0.29) is 0 Å². The molecule has 1 N–H and O–H groups in total. The van der Waals surface area contributed by atoms with Crippen molar-refractivity contribution in [1.29, 1.82) is 0 Å². The molecule has 0 spiro atoms. The van der Waals surface area contributed by atoms with Gasteiger partial charge in [0, 0.05) is 16.1 Å². The fourth-order valence-corrected chi connectivity index (χ4v) is 4.60. The lowest BCUT2D eigenvalue weighted by Crippen LogP contribution is -2.09. The molecule has 0 saturated heterocycles. The van der Waals surface area contributed by atoms with Gasteiger partial charge in [-0.05, 0) is 42.0 Å². The van der Waals surface area contributed by atoms with Gasteiger partial charge >= 0.3 is 5.97 Å². The molecule has 0 bridgehead atoms. The third kappa shape index (κ3) is 5.51. The van der Waals surface area contributed by atoms with Crippen LogP contribution in [0.25, 0.3) is 21.7 Å². The second-order valence-corrected chi connectivity index (χ2v) is 9.17. The van der Waals surface area contributed by atoms with Gasteiger partial charge in [-0.2, -0.15) is 5.10 Å². The van der Waals surface area contributed by atoms with Crippen LogP contribution in [0.2, 0.25) is 5.02 Å². The summed E-state index contributed by atoms with van der Waals surface area (Å²) in [6, 6.07) is 34.0. The maximum Gasteiger partial charge on any atom is 0.343 e. The SMILES string of the molecule is O=C(Oc1ccccc1/C=N\Nc1nc(-c2ccccc2)c(-c2ccccc2)s1)c1ccc(Cl)cc1. The zero-order valence-electron chi connectivity index (χ0n) is 19.0. The summed E-state index contributed by atoms with van der Waals surface area (Å²) >= 11 is 7.43. The van der Waals surface area contributed by atoms with Crippen molar-refractivity contribution >= 4 is 40.3 Å². The third-order valence-corrected chi connectivity index (χ3v) is 6.54. The molecule has 5 nitrogen and oxygen atoms in total. The average Bonchev–Trinajstić information content (AvgIpc) is 3.35. The molecule has 1 aromatic heterocycles. The Hall–Kier alpha value is -4.26. The zero-order valence-corrected chi connectivity index (χ0v) is 20.5. The molecule has 7 heteroatoms. The average molecular weight is 510 g/mol. The summed E-state index contributed by atoms with van der Waals surface area (Å²) in [6.07, 6.45) is 1.61. The van der Waals surface area contributed by atoms with Crippen LogP contribution in [0.4, 0.5) is 5.13 Å². The number of hydrogen-bond donors (Lipinski definition) is 1. The lowest BCUT2D eigenvalue weighted by molar-refractivity contribution is 0.0734. The van der Waals surface area contributed by atoms with Gasteiger partial charge in [0.05, 0.1) is 22.3 Å². The van der Waals surface area contributed by atoms with Gasteiger partial charge in [0.1, 0.15) is 5.75 Å². The molecular weight excluding hydrogens is 490 g/mol. The first-order valence-corrected chi connectivity index (χ1v) is 12.3. The molecule has 0 aliphatic carbocycles. The predicted octanol–water partition coefficient (Wildman–Crippen LogP) is 7.80. The number of carbonyl (C=O) groups excluding carboxylic acids is 1. The van der Waals surface area contributed by atoms with Gasteiger partial charge in [-0.15, -0.1) is 0 Å². The molecule has 5 rings (SSSR count). The summed E-state index contributed by atoms with van der Waals surface area (Å²) in [7, 11) is 0. The minimum absolute atomic E-state index is 0.400. The first kappa shape index (κ1) is 23.5. The second-order valence-electron chi connectivity index (χ2n) is 7.73. The van der Waals surface area contributed by atoms with E-state index in [1.54, 1.807) is 42.6 Å². The Balaban J connectivity index is 1.37. The van der Waals surface area contributed by atoms with Crippen LogP contribution in [-0.4, -0.2) is 17.2 Å². The van der Waals surface area contributed by atoms with E-state index in [2.05, 4.69) is 22.7 Å². The minimum atomic E-state index is -0.472. The summed E-state index contributed by atoms with van der Waals surface area (Å²) in [4.78, 5) is 18.4. The first-order chi connectivity index (χ1) is 17.7. The molecule has 36 heavy (non-hydrogen) atoms. The molecule has 5 aromatic rings. The van der Waals surface area contributed by atoms with Crippen LogP contribution in [0.1, 0.15) is 15.9 Å². The van der Waals surface area contributed by atoms with Gasteiger partial charge in [0.25, 0.3) is 0 Å². The third-order valence-electron chi connectivity index (χ3n) is 5.28. The van der Waals surface area contributed by atoms with Crippen LogP contribution in [0.5, 0.6) is 5.75 Å². The number of rotatable bonds is 7. The number of thiazole rings is 1. The molecule has 0 aliphatic rings. The van der Waals surface area contributed by atoms with Crippen molar-refractivity contribution in [2.45, 2.75) is 0 Å². The number of anilines is 1. The number of esters is 1. The summed E-state index contributed by atoms with van der Waals surface area (Å²) in [5, 5.41) is 5.58. The predicted molar refractivity (Wildman–Crippen MR) is 147 cm³/mol. The molecule has 0 saturated carbocycles. The lowest BCUT2D eigenvalue weighted by Gasteiger charge is -2.07. The Kier molecular flexibility index (Phi) is 7.17.